The molecule has 0 aliphatic heterocycles. The van der Waals surface area contributed by atoms with Crippen LogP contribution in [-0.2, 0) is 10.0 Å². The minimum Gasteiger partial charge on any atom is -0.355 e. The standard InChI is InChI=1S/C13H18N2O3S/c1-14-13(16)11-8-4-5-9-12(11)15-19(17,18)10-6-2-3-7-10/h4-5,8-10,15H,2-3,6-7H2,1H3,(H,14,16). The predicted molar refractivity (Wildman–Crippen MR) is 74.6 cm³/mol. The number of sulfonamides is 1. The Morgan fingerprint density at radius 3 is 2.47 bits per heavy atom. The van der Waals surface area contributed by atoms with Crippen molar-refractivity contribution in [3.05, 3.63) is 29.8 Å². The number of benzene rings is 1. The van der Waals surface area contributed by atoms with Gasteiger partial charge in [-0.05, 0) is 25.0 Å². The predicted octanol–water partition coefficient (Wildman–Crippen LogP) is 1.73. The van der Waals surface area contributed by atoms with Crippen molar-refractivity contribution in [2.45, 2.75) is 30.9 Å². The van der Waals surface area contributed by atoms with Crippen LogP contribution in [-0.4, -0.2) is 26.6 Å². The first-order chi connectivity index (χ1) is 9.04. The summed E-state index contributed by atoms with van der Waals surface area (Å²) in [5, 5.41) is 2.16. The Kier molecular flexibility index (Phi) is 4.09. The van der Waals surface area contributed by atoms with E-state index in [0.717, 1.165) is 12.8 Å². The lowest BCUT2D eigenvalue weighted by Crippen LogP contribution is -2.27. The van der Waals surface area contributed by atoms with Crippen LogP contribution in [0.2, 0.25) is 0 Å². The summed E-state index contributed by atoms with van der Waals surface area (Å²) in [5.74, 6) is -0.301. The molecule has 0 bridgehead atoms. The van der Waals surface area contributed by atoms with E-state index in [1.807, 2.05) is 0 Å². The molecule has 19 heavy (non-hydrogen) atoms. The molecule has 104 valence electrons. The van der Waals surface area contributed by atoms with Crippen molar-refractivity contribution in [2.24, 2.45) is 0 Å². The highest BCUT2D eigenvalue weighted by Crippen LogP contribution is 2.27. The number of hydrogen-bond donors (Lipinski definition) is 2. The molecular weight excluding hydrogens is 264 g/mol. The van der Waals surface area contributed by atoms with Crippen LogP contribution in [0.4, 0.5) is 5.69 Å². The molecule has 6 heteroatoms. The van der Waals surface area contributed by atoms with E-state index < -0.39 is 10.0 Å². The molecule has 0 radical (unpaired) electrons. The van der Waals surface area contributed by atoms with Crippen molar-refractivity contribution in [2.75, 3.05) is 11.8 Å². The van der Waals surface area contributed by atoms with Crippen LogP contribution in [0.15, 0.2) is 24.3 Å². The molecule has 1 aliphatic rings. The smallest absolute Gasteiger partial charge is 0.253 e. The zero-order valence-corrected chi connectivity index (χ0v) is 11.7. The maximum atomic E-state index is 12.2. The van der Waals surface area contributed by atoms with Gasteiger partial charge in [0.15, 0.2) is 0 Å². The zero-order valence-electron chi connectivity index (χ0n) is 10.8. The van der Waals surface area contributed by atoms with Crippen LogP contribution in [0.25, 0.3) is 0 Å². The number of carbonyl (C=O) groups is 1. The van der Waals surface area contributed by atoms with Gasteiger partial charge < -0.3 is 5.32 Å². The van der Waals surface area contributed by atoms with Gasteiger partial charge in [0.25, 0.3) is 5.91 Å². The van der Waals surface area contributed by atoms with Crippen molar-refractivity contribution in [1.82, 2.24) is 5.32 Å². The van der Waals surface area contributed by atoms with E-state index in [2.05, 4.69) is 10.0 Å². The highest BCUT2D eigenvalue weighted by atomic mass is 32.2. The van der Waals surface area contributed by atoms with E-state index in [-0.39, 0.29) is 11.2 Å². The number of anilines is 1. The van der Waals surface area contributed by atoms with E-state index in [1.54, 1.807) is 24.3 Å². The third kappa shape index (κ3) is 3.07. The molecule has 0 atom stereocenters. The Morgan fingerprint density at radius 1 is 1.21 bits per heavy atom. The van der Waals surface area contributed by atoms with Crippen molar-refractivity contribution >= 4 is 21.6 Å². The molecule has 1 amide bonds. The Bertz CT molecular complexity index is 563. The normalized spacial score (nSPS) is 16.3. The van der Waals surface area contributed by atoms with Gasteiger partial charge in [-0.15, -0.1) is 0 Å². The van der Waals surface area contributed by atoms with Gasteiger partial charge in [0.2, 0.25) is 10.0 Å². The maximum absolute atomic E-state index is 12.2. The molecule has 1 aliphatic carbocycles. The zero-order chi connectivity index (χ0) is 13.9. The topological polar surface area (TPSA) is 75.3 Å². The molecule has 2 rings (SSSR count). The quantitative estimate of drug-likeness (QED) is 0.883. The fourth-order valence-electron chi connectivity index (χ4n) is 2.34. The van der Waals surface area contributed by atoms with E-state index >= 15 is 0 Å². The molecule has 1 fully saturated rings. The fourth-order valence-corrected chi connectivity index (χ4v) is 3.95. The second-order valence-electron chi connectivity index (χ2n) is 4.68. The molecule has 2 N–H and O–H groups in total. The summed E-state index contributed by atoms with van der Waals surface area (Å²) >= 11 is 0. The molecular formula is C13H18N2O3S. The second kappa shape index (κ2) is 5.61. The van der Waals surface area contributed by atoms with Crippen LogP contribution in [0.5, 0.6) is 0 Å². The molecule has 5 nitrogen and oxygen atoms in total. The van der Waals surface area contributed by atoms with Crippen LogP contribution in [0, 0.1) is 0 Å². The molecule has 1 aromatic rings. The first-order valence-electron chi connectivity index (χ1n) is 6.37. The van der Waals surface area contributed by atoms with Gasteiger partial charge in [0.1, 0.15) is 0 Å². The van der Waals surface area contributed by atoms with Gasteiger partial charge in [-0.1, -0.05) is 25.0 Å². The van der Waals surface area contributed by atoms with Crippen LogP contribution < -0.4 is 10.0 Å². The monoisotopic (exact) mass is 282 g/mol. The first kappa shape index (κ1) is 13.9. The van der Waals surface area contributed by atoms with Crippen LogP contribution in [0.1, 0.15) is 36.0 Å². The number of hydrogen-bond acceptors (Lipinski definition) is 3. The average Bonchev–Trinajstić information content (AvgIpc) is 2.93. The summed E-state index contributed by atoms with van der Waals surface area (Å²) in [4.78, 5) is 11.7. The minimum absolute atomic E-state index is 0.301. The second-order valence-corrected chi connectivity index (χ2v) is 6.64. The van der Waals surface area contributed by atoms with Gasteiger partial charge in [0.05, 0.1) is 16.5 Å². The van der Waals surface area contributed by atoms with Crippen molar-refractivity contribution in [3.63, 3.8) is 0 Å². The SMILES string of the molecule is CNC(=O)c1ccccc1NS(=O)(=O)C1CCCC1. The Balaban J connectivity index is 2.25. The Morgan fingerprint density at radius 2 is 1.84 bits per heavy atom. The fraction of sp³-hybridized carbons (Fsp3) is 0.462. The largest absolute Gasteiger partial charge is 0.355 e. The maximum Gasteiger partial charge on any atom is 0.253 e. The minimum atomic E-state index is -3.41. The first-order valence-corrected chi connectivity index (χ1v) is 7.92. The number of amides is 1. The van der Waals surface area contributed by atoms with Crippen LogP contribution in [0.3, 0.4) is 0 Å². The van der Waals surface area contributed by atoms with E-state index in [1.165, 1.54) is 7.05 Å². The van der Waals surface area contributed by atoms with Gasteiger partial charge in [-0.25, -0.2) is 8.42 Å². The number of carbonyl (C=O) groups excluding carboxylic acids is 1. The van der Waals surface area contributed by atoms with E-state index in [4.69, 9.17) is 0 Å². The summed E-state index contributed by atoms with van der Waals surface area (Å²) in [6.45, 7) is 0. The van der Waals surface area contributed by atoms with Gasteiger partial charge in [-0.3, -0.25) is 9.52 Å². The van der Waals surface area contributed by atoms with Gasteiger partial charge in [-0.2, -0.15) is 0 Å². The summed E-state index contributed by atoms with van der Waals surface area (Å²) in [5.41, 5.74) is 0.681. The van der Waals surface area contributed by atoms with E-state index in [9.17, 15) is 13.2 Å². The third-order valence-electron chi connectivity index (χ3n) is 3.39. The van der Waals surface area contributed by atoms with E-state index in [0.29, 0.717) is 24.1 Å². The van der Waals surface area contributed by atoms with Crippen molar-refractivity contribution in [3.8, 4) is 0 Å². The third-order valence-corrected chi connectivity index (χ3v) is 5.25. The Labute approximate surface area is 113 Å². The molecule has 0 heterocycles. The lowest BCUT2D eigenvalue weighted by Gasteiger charge is -2.15. The lowest BCUT2D eigenvalue weighted by atomic mass is 10.2. The van der Waals surface area contributed by atoms with Crippen molar-refractivity contribution in [1.29, 1.82) is 0 Å². The number of nitrogens with one attached hydrogen (secondary N) is 2. The van der Waals surface area contributed by atoms with Crippen LogP contribution >= 0.6 is 0 Å². The highest BCUT2D eigenvalue weighted by Gasteiger charge is 2.29. The lowest BCUT2D eigenvalue weighted by molar-refractivity contribution is 0.0964. The molecule has 0 spiro atoms. The summed E-state index contributed by atoms with van der Waals surface area (Å²) in [6.07, 6.45) is 3.28. The molecule has 0 saturated heterocycles. The summed E-state index contributed by atoms with van der Waals surface area (Å²) in [7, 11) is -1.89. The van der Waals surface area contributed by atoms with Gasteiger partial charge >= 0.3 is 0 Å². The molecule has 0 aromatic heterocycles. The van der Waals surface area contributed by atoms with Crippen molar-refractivity contribution < 1.29 is 13.2 Å². The summed E-state index contributed by atoms with van der Waals surface area (Å²) < 4.78 is 27.0. The molecule has 0 unspecified atom stereocenters. The average molecular weight is 282 g/mol. The summed E-state index contributed by atoms with van der Waals surface area (Å²) in [6, 6.07) is 6.62. The number of para-hydroxylation sites is 1. The molecule has 1 saturated carbocycles. The van der Waals surface area contributed by atoms with Gasteiger partial charge in [0, 0.05) is 7.05 Å². The highest BCUT2D eigenvalue weighted by molar-refractivity contribution is 7.93. The molecule has 1 aromatic carbocycles. The number of rotatable bonds is 4. The Hall–Kier alpha value is -1.56.